The first-order valence-corrected chi connectivity index (χ1v) is 8.91. The van der Waals surface area contributed by atoms with Crippen molar-refractivity contribution in [2.45, 2.75) is 6.54 Å². The van der Waals surface area contributed by atoms with E-state index in [1.54, 1.807) is 28.8 Å². The number of non-ortho nitro benzene ring substituents is 1. The molecule has 8 heteroatoms. The maximum Gasteiger partial charge on any atom is 0.272 e. The predicted molar refractivity (Wildman–Crippen MR) is 106 cm³/mol. The van der Waals surface area contributed by atoms with E-state index in [0.29, 0.717) is 15.4 Å². The highest BCUT2D eigenvalue weighted by molar-refractivity contribution is 7.16. The fourth-order valence-corrected chi connectivity index (χ4v) is 3.73. The highest BCUT2D eigenvalue weighted by Gasteiger charge is 2.07. The fourth-order valence-electron chi connectivity index (χ4n) is 2.42. The Morgan fingerprint density at radius 1 is 1.37 bits per heavy atom. The van der Waals surface area contributed by atoms with Gasteiger partial charge in [-0.25, -0.2) is 0 Å². The van der Waals surface area contributed by atoms with Crippen LogP contribution in [0.3, 0.4) is 0 Å². The molecule has 0 radical (unpaired) electrons. The number of rotatable bonds is 4. The van der Waals surface area contributed by atoms with Gasteiger partial charge in [0.15, 0.2) is 4.80 Å². The number of thiazole rings is 1. The maximum atomic E-state index is 12.2. The third kappa shape index (κ3) is 4.31. The van der Waals surface area contributed by atoms with Crippen molar-refractivity contribution < 1.29 is 9.72 Å². The number of benzene rings is 2. The summed E-state index contributed by atoms with van der Waals surface area (Å²) >= 11 is 7.32. The third-order valence-corrected chi connectivity index (χ3v) is 4.88. The van der Waals surface area contributed by atoms with Gasteiger partial charge < -0.3 is 4.57 Å². The second-order valence-corrected chi connectivity index (χ2v) is 6.87. The molecule has 0 N–H and O–H groups in total. The van der Waals surface area contributed by atoms with Gasteiger partial charge in [-0.05, 0) is 29.8 Å². The van der Waals surface area contributed by atoms with Crippen LogP contribution in [-0.4, -0.2) is 15.4 Å². The zero-order valence-corrected chi connectivity index (χ0v) is 15.4. The van der Waals surface area contributed by atoms with Gasteiger partial charge in [-0.2, -0.15) is 4.99 Å². The number of terminal acetylenes is 1. The van der Waals surface area contributed by atoms with E-state index in [-0.39, 0.29) is 12.2 Å². The van der Waals surface area contributed by atoms with Crippen LogP contribution in [0.1, 0.15) is 5.56 Å². The molecule has 0 fully saturated rings. The van der Waals surface area contributed by atoms with Gasteiger partial charge in [-0.15, -0.1) is 6.42 Å². The van der Waals surface area contributed by atoms with E-state index >= 15 is 0 Å². The molecule has 6 nitrogen and oxygen atoms in total. The van der Waals surface area contributed by atoms with Gasteiger partial charge in [0.05, 0.1) is 21.7 Å². The average Bonchev–Trinajstić information content (AvgIpc) is 2.97. The van der Waals surface area contributed by atoms with Gasteiger partial charge in [0.2, 0.25) is 0 Å². The minimum absolute atomic E-state index is 0.0465. The molecule has 1 heterocycles. The van der Waals surface area contributed by atoms with Crippen LogP contribution in [0, 0.1) is 22.5 Å². The smallest absolute Gasteiger partial charge is 0.272 e. The van der Waals surface area contributed by atoms with Gasteiger partial charge in [-0.3, -0.25) is 14.9 Å². The number of nitrogens with zero attached hydrogens (tertiary/aromatic N) is 3. The molecule has 0 unspecified atom stereocenters. The number of nitro benzene ring substituents is 1. The van der Waals surface area contributed by atoms with Gasteiger partial charge >= 0.3 is 0 Å². The number of fused-ring (bicyclic) bond motifs is 1. The Balaban J connectivity index is 1.95. The lowest BCUT2D eigenvalue weighted by Gasteiger charge is -1.99. The van der Waals surface area contributed by atoms with Crippen molar-refractivity contribution in [3.05, 3.63) is 74.0 Å². The second kappa shape index (κ2) is 7.99. The molecule has 0 spiro atoms. The molecule has 0 atom stereocenters. The van der Waals surface area contributed by atoms with Crippen LogP contribution in [-0.2, 0) is 11.3 Å². The second-order valence-electron chi connectivity index (χ2n) is 5.42. The predicted octanol–water partition coefficient (Wildman–Crippen LogP) is 4.04. The highest BCUT2D eigenvalue weighted by atomic mass is 35.5. The zero-order valence-electron chi connectivity index (χ0n) is 13.8. The van der Waals surface area contributed by atoms with Crippen molar-refractivity contribution in [3.8, 4) is 12.3 Å². The minimum atomic E-state index is -0.495. The van der Waals surface area contributed by atoms with Crippen molar-refractivity contribution in [2.24, 2.45) is 4.99 Å². The molecule has 1 aromatic heterocycles. The molecular weight excluding hydrogens is 386 g/mol. The number of hydrogen-bond acceptors (Lipinski definition) is 4. The molecule has 134 valence electrons. The SMILES string of the molecule is C#CCn1c(=NC(=O)/C=C/c2cccc([N+](=O)[O-])c2)sc2cc(Cl)ccc21. The van der Waals surface area contributed by atoms with Crippen molar-refractivity contribution in [3.63, 3.8) is 0 Å². The van der Waals surface area contributed by atoms with E-state index in [1.165, 1.54) is 35.6 Å². The molecule has 0 saturated heterocycles. The number of carbonyl (C=O) groups is 1. The fraction of sp³-hybridized carbons (Fsp3) is 0.0526. The summed E-state index contributed by atoms with van der Waals surface area (Å²) < 4.78 is 2.63. The molecule has 2 aromatic carbocycles. The number of hydrogen-bond donors (Lipinski definition) is 0. The van der Waals surface area contributed by atoms with Crippen LogP contribution in [0.25, 0.3) is 16.3 Å². The van der Waals surface area contributed by atoms with Gasteiger partial charge in [0.1, 0.15) is 0 Å². The van der Waals surface area contributed by atoms with Crippen LogP contribution in [0.2, 0.25) is 5.02 Å². The number of nitro groups is 1. The maximum absolute atomic E-state index is 12.2. The summed E-state index contributed by atoms with van der Waals surface area (Å²) in [6.45, 7) is 0.266. The third-order valence-electron chi connectivity index (χ3n) is 3.60. The van der Waals surface area contributed by atoms with Crippen LogP contribution in [0.5, 0.6) is 0 Å². The van der Waals surface area contributed by atoms with Crippen molar-refractivity contribution in [2.75, 3.05) is 0 Å². The quantitative estimate of drug-likeness (QED) is 0.288. The summed E-state index contributed by atoms with van der Waals surface area (Å²) in [4.78, 5) is 27.1. The first-order valence-electron chi connectivity index (χ1n) is 7.71. The first-order chi connectivity index (χ1) is 13.0. The normalized spacial score (nSPS) is 11.8. The van der Waals surface area contributed by atoms with Crippen LogP contribution in [0.4, 0.5) is 5.69 Å². The molecule has 0 saturated carbocycles. The topological polar surface area (TPSA) is 77.5 Å². The molecule has 3 aromatic rings. The van der Waals surface area contributed by atoms with Crippen LogP contribution >= 0.6 is 22.9 Å². The van der Waals surface area contributed by atoms with Gasteiger partial charge in [0, 0.05) is 23.2 Å². The molecule has 3 rings (SSSR count). The lowest BCUT2D eigenvalue weighted by Crippen LogP contribution is -2.15. The van der Waals surface area contributed by atoms with Crippen molar-refractivity contribution in [1.29, 1.82) is 0 Å². The molecular formula is C19H12ClN3O3S. The van der Waals surface area contributed by atoms with Crippen LogP contribution in [0.15, 0.2) is 53.5 Å². The summed E-state index contributed by atoms with van der Waals surface area (Å²) in [5, 5.41) is 11.4. The zero-order chi connectivity index (χ0) is 19.4. The van der Waals surface area contributed by atoms with E-state index in [4.69, 9.17) is 18.0 Å². The summed E-state index contributed by atoms with van der Waals surface area (Å²) in [6, 6.07) is 11.3. The van der Waals surface area contributed by atoms with E-state index in [2.05, 4.69) is 10.9 Å². The summed E-state index contributed by atoms with van der Waals surface area (Å²) in [5.74, 6) is 2.05. The molecule has 0 aliphatic rings. The van der Waals surface area contributed by atoms with E-state index in [9.17, 15) is 14.9 Å². The average molecular weight is 398 g/mol. The summed E-state index contributed by atoms with van der Waals surface area (Å²) in [6.07, 6.45) is 8.17. The van der Waals surface area contributed by atoms with E-state index < -0.39 is 10.8 Å². The lowest BCUT2D eigenvalue weighted by atomic mass is 10.2. The Kier molecular flexibility index (Phi) is 5.50. The standard InChI is InChI=1S/C19H12ClN3O3S/c1-2-10-22-16-8-7-14(20)12-17(16)27-19(22)21-18(24)9-6-13-4-3-5-15(11-13)23(25)26/h1,3-9,11-12H,10H2/b9-6+,21-19?. The monoisotopic (exact) mass is 397 g/mol. The number of halogens is 1. The lowest BCUT2D eigenvalue weighted by molar-refractivity contribution is -0.384. The largest absolute Gasteiger partial charge is 0.305 e. The first kappa shape index (κ1) is 18.6. The molecule has 0 aliphatic heterocycles. The number of aromatic nitrogens is 1. The Bertz CT molecular complexity index is 1180. The van der Waals surface area contributed by atoms with Crippen molar-refractivity contribution >= 4 is 50.8 Å². The highest BCUT2D eigenvalue weighted by Crippen LogP contribution is 2.21. The molecule has 0 aliphatic carbocycles. The minimum Gasteiger partial charge on any atom is -0.305 e. The van der Waals surface area contributed by atoms with Gasteiger partial charge in [0.25, 0.3) is 11.6 Å². The number of amides is 1. The summed E-state index contributed by atoms with van der Waals surface area (Å²) in [7, 11) is 0. The van der Waals surface area contributed by atoms with Crippen LogP contribution < -0.4 is 4.80 Å². The molecule has 0 bridgehead atoms. The summed E-state index contributed by atoms with van der Waals surface area (Å²) in [5.41, 5.74) is 1.33. The van der Waals surface area contributed by atoms with Gasteiger partial charge in [-0.1, -0.05) is 41.0 Å². The Hall–Kier alpha value is -3.21. The van der Waals surface area contributed by atoms with E-state index in [0.717, 1.165) is 10.2 Å². The Labute approximate surface area is 163 Å². The molecule has 1 amide bonds. The van der Waals surface area contributed by atoms with E-state index in [1.807, 2.05) is 6.07 Å². The Morgan fingerprint density at radius 3 is 2.93 bits per heavy atom. The molecule has 27 heavy (non-hydrogen) atoms. The Morgan fingerprint density at radius 2 is 2.19 bits per heavy atom. The van der Waals surface area contributed by atoms with Crippen molar-refractivity contribution in [1.82, 2.24) is 4.57 Å². The number of carbonyl (C=O) groups excluding carboxylic acids is 1.